The molecule has 0 saturated carbocycles. The van der Waals surface area contributed by atoms with Gasteiger partial charge in [-0.15, -0.1) is 0 Å². The SMILES string of the molecule is C=C1N(C(=O)C(c2ccccc2)c2ccccc2)N=C(CC(OC(=O)c2ccc(C)cc2)=C(c2ccccc2)c2ccccc2)C1(C)C. The molecule has 0 aromatic heterocycles. The summed E-state index contributed by atoms with van der Waals surface area (Å²) in [5.74, 6) is -0.809. The Kier molecular flexibility index (Phi) is 9.31. The lowest BCUT2D eigenvalue weighted by Gasteiger charge is -2.27. The molecule has 6 rings (SSSR count). The zero-order chi connectivity index (χ0) is 33.7. The highest BCUT2D eigenvalue weighted by Gasteiger charge is 2.43. The van der Waals surface area contributed by atoms with Crippen LogP contribution in [0, 0.1) is 12.3 Å². The van der Waals surface area contributed by atoms with E-state index < -0.39 is 17.3 Å². The van der Waals surface area contributed by atoms with Crippen molar-refractivity contribution in [2.45, 2.75) is 33.1 Å². The molecule has 5 heteroatoms. The van der Waals surface area contributed by atoms with Crippen LogP contribution >= 0.6 is 0 Å². The molecule has 5 aromatic rings. The Morgan fingerprint density at radius 1 is 0.688 bits per heavy atom. The second-order valence-corrected chi connectivity index (χ2v) is 12.5. The average molecular weight is 631 g/mol. The predicted octanol–water partition coefficient (Wildman–Crippen LogP) is 9.57. The maximum Gasteiger partial charge on any atom is 0.343 e. The minimum atomic E-state index is -0.715. The molecule has 1 aliphatic heterocycles. The molecule has 1 amide bonds. The van der Waals surface area contributed by atoms with Crippen LogP contribution in [0.2, 0.25) is 0 Å². The maximum absolute atomic E-state index is 14.5. The minimum absolute atomic E-state index is 0.174. The molecule has 0 aliphatic carbocycles. The lowest BCUT2D eigenvalue weighted by Crippen LogP contribution is -2.32. The first-order valence-corrected chi connectivity index (χ1v) is 16.1. The number of carbonyl (C=O) groups is 2. The Balaban J connectivity index is 1.46. The third-order valence-electron chi connectivity index (χ3n) is 8.88. The van der Waals surface area contributed by atoms with Crippen molar-refractivity contribution in [1.82, 2.24) is 5.01 Å². The topological polar surface area (TPSA) is 59.0 Å². The van der Waals surface area contributed by atoms with Crippen molar-refractivity contribution < 1.29 is 14.3 Å². The number of ether oxygens (including phenoxy) is 1. The van der Waals surface area contributed by atoms with E-state index in [9.17, 15) is 9.59 Å². The van der Waals surface area contributed by atoms with Gasteiger partial charge in [0, 0.05) is 23.1 Å². The van der Waals surface area contributed by atoms with Gasteiger partial charge in [0.1, 0.15) is 5.76 Å². The van der Waals surface area contributed by atoms with Crippen LogP contribution in [0.1, 0.15) is 64.4 Å². The van der Waals surface area contributed by atoms with Gasteiger partial charge in [-0.1, -0.05) is 146 Å². The molecule has 238 valence electrons. The number of aryl methyl sites for hydroxylation is 1. The third kappa shape index (κ3) is 6.67. The number of amides is 1. The number of esters is 1. The number of allylic oxidation sites excluding steroid dienone is 2. The molecule has 1 heterocycles. The van der Waals surface area contributed by atoms with Gasteiger partial charge in [0.05, 0.1) is 17.2 Å². The van der Waals surface area contributed by atoms with Gasteiger partial charge in [-0.05, 0) is 55.2 Å². The lowest BCUT2D eigenvalue weighted by molar-refractivity contribution is -0.130. The summed E-state index contributed by atoms with van der Waals surface area (Å²) >= 11 is 0. The van der Waals surface area contributed by atoms with Crippen molar-refractivity contribution >= 4 is 23.2 Å². The summed E-state index contributed by atoms with van der Waals surface area (Å²) in [7, 11) is 0. The zero-order valence-corrected chi connectivity index (χ0v) is 27.5. The highest BCUT2D eigenvalue weighted by atomic mass is 16.5. The largest absolute Gasteiger partial charge is 0.426 e. The van der Waals surface area contributed by atoms with E-state index >= 15 is 0 Å². The Morgan fingerprint density at radius 3 is 1.62 bits per heavy atom. The van der Waals surface area contributed by atoms with Crippen molar-refractivity contribution in [2.75, 3.05) is 0 Å². The number of hydrazone groups is 1. The number of hydrogen-bond donors (Lipinski definition) is 0. The van der Waals surface area contributed by atoms with E-state index in [1.807, 2.05) is 154 Å². The summed E-state index contributed by atoms with van der Waals surface area (Å²) in [6.45, 7) is 10.4. The monoisotopic (exact) mass is 630 g/mol. The molecule has 0 unspecified atom stereocenters. The molecule has 0 bridgehead atoms. The van der Waals surface area contributed by atoms with E-state index in [0.29, 0.717) is 22.7 Å². The summed E-state index contributed by atoms with van der Waals surface area (Å²) in [6, 6.07) is 46.6. The van der Waals surface area contributed by atoms with Crippen molar-refractivity contribution in [3.8, 4) is 0 Å². The fourth-order valence-corrected chi connectivity index (χ4v) is 5.95. The predicted molar refractivity (Wildman–Crippen MR) is 192 cm³/mol. The van der Waals surface area contributed by atoms with E-state index in [2.05, 4.69) is 6.58 Å². The molecule has 0 N–H and O–H groups in total. The fraction of sp³-hybridized carbons (Fsp3) is 0.140. The first-order valence-electron chi connectivity index (χ1n) is 16.1. The molecule has 5 aromatic carbocycles. The second kappa shape index (κ2) is 13.9. The van der Waals surface area contributed by atoms with Crippen molar-refractivity contribution in [1.29, 1.82) is 0 Å². The zero-order valence-electron chi connectivity index (χ0n) is 27.5. The van der Waals surface area contributed by atoms with Gasteiger partial charge in [0.2, 0.25) is 0 Å². The van der Waals surface area contributed by atoms with Gasteiger partial charge in [0.25, 0.3) is 5.91 Å². The van der Waals surface area contributed by atoms with Crippen LogP contribution in [0.5, 0.6) is 0 Å². The van der Waals surface area contributed by atoms with Gasteiger partial charge >= 0.3 is 5.97 Å². The standard InChI is InChI=1S/C43H38N2O3/c1-30-25-27-36(28-26-30)42(47)48-37(39(32-17-9-5-10-18-32)33-19-11-6-12-20-33)29-38-43(3,4)31(2)45(44-38)41(46)40(34-21-13-7-14-22-34)35-23-15-8-16-24-35/h5-28,40H,2,29H2,1,3-4H3. The fourth-order valence-electron chi connectivity index (χ4n) is 5.95. The molecule has 0 spiro atoms. The second-order valence-electron chi connectivity index (χ2n) is 12.5. The number of nitrogens with zero attached hydrogens (tertiary/aromatic N) is 2. The molecular formula is C43H38N2O3. The van der Waals surface area contributed by atoms with Gasteiger partial charge in [-0.3, -0.25) is 4.79 Å². The van der Waals surface area contributed by atoms with Crippen LogP contribution in [-0.4, -0.2) is 22.6 Å². The molecular weight excluding hydrogens is 592 g/mol. The van der Waals surface area contributed by atoms with Crippen LogP contribution < -0.4 is 0 Å². The normalized spacial score (nSPS) is 13.6. The lowest BCUT2D eigenvalue weighted by atomic mass is 9.82. The van der Waals surface area contributed by atoms with E-state index in [0.717, 1.165) is 33.4 Å². The first kappa shape index (κ1) is 32.1. The highest BCUT2D eigenvalue weighted by molar-refractivity contribution is 6.02. The van der Waals surface area contributed by atoms with Crippen LogP contribution in [0.25, 0.3) is 5.57 Å². The molecule has 0 saturated heterocycles. The van der Waals surface area contributed by atoms with Crippen LogP contribution in [0.4, 0.5) is 0 Å². The van der Waals surface area contributed by atoms with Gasteiger partial charge in [-0.2, -0.15) is 5.10 Å². The Morgan fingerprint density at radius 2 is 1.15 bits per heavy atom. The summed E-state index contributed by atoms with van der Waals surface area (Å²) in [5.41, 5.74) is 6.30. The van der Waals surface area contributed by atoms with Crippen LogP contribution in [-0.2, 0) is 9.53 Å². The van der Waals surface area contributed by atoms with Gasteiger partial charge in [-0.25, -0.2) is 9.80 Å². The first-order chi connectivity index (χ1) is 23.2. The molecule has 0 radical (unpaired) electrons. The summed E-state index contributed by atoms with van der Waals surface area (Å²) in [4.78, 5) is 28.2. The minimum Gasteiger partial charge on any atom is -0.426 e. The Bertz CT molecular complexity index is 1900. The average Bonchev–Trinajstić information content (AvgIpc) is 3.34. The summed E-state index contributed by atoms with van der Waals surface area (Å²) in [5, 5.41) is 6.42. The number of hydrogen-bond acceptors (Lipinski definition) is 4. The summed E-state index contributed by atoms with van der Waals surface area (Å²) in [6.07, 6.45) is 0.174. The Labute approximate surface area is 282 Å². The third-order valence-corrected chi connectivity index (χ3v) is 8.88. The van der Waals surface area contributed by atoms with Crippen molar-refractivity contribution in [2.24, 2.45) is 10.5 Å². The van der Waals surface area contributed by atoms with Gasteiger partial charge < -0.3 is 4.74 Å². The quantitative estimate of drug-likeness (QED) is 0.120. The smallest absolute Gasteiger partial charge is 0.343 e. The van der Waals surface area contributed by atoms with Crippen molar-refractivity contribution in [3.05, 3.63) is 197 Å². The van der Waals surface area contributed by atoms with E-state index in [1.54, 1.807) is 12.1 Å². The highest BCUT2D eigenvalue weighted by Crippen LogP contribution is 2.42. The molecule has 0 fully saturated rings. The van der Waals surface area contributed by atoms with Crippen LogP contribution in [0.15, 0.2) is 169 Å². The number of rotatable bonds is 9. The molecule has 5 nitrogen and oxygen atoms in total. The van der Waals surface area contributed by atoms with E-state index in [-0.39, 0.29) is 12.3 Å². The maximum atomic E-state index is 14.5. The van der Waals surface area contributed by atoms with Gasteiger partial charge in [0.15, 0.2) is 0 Å². The number of benzene rings is 5. The van der Waals surface area contributed by atoms with E-state index in [4.69, 9.17) is 9.84 Å². The van der Waals surface area contributed by atoms with E-state index in [1.165, 1.54) is 5.01 Å². The number of carbonyl (C=O) groups excluding carboxylic acids is 2. The van der Waals surface area contributed by atoms with Crippen LogP contribution in [0.3, 0.4) is 0 Å². The van der Waals surface area contributed by atoms with Crippen molar-refractivity contribution in [3.63, 3.8) is 0 Å². The summed E-state index contributed by atoms with van der Waals surface area (Å²) < 4.78 is 6.35. The molecule has 48 heavy (non-hydrogen) atoms. The molecule has 1 aliphatic rings. The molecule has 0 atom stereocenters. The Hall–Kier alpha value is -5.81.